The third kappa shape index (κ3) is 4.46. The second kappa shape index (κ2) is 8.53. The molecule has 3 heteroatoms. The number of carbonyl (C=O) groups excluding carboxylic acids is 1. The summed E-state index contributed by atoms with van der Waals surface area (Å²) in [5.74, 6) is 1.46. The van der Waals surface area contributed by atoms with E-state index in [-0.39, 0.29) is 5.78 Å². The summed E-state index contributed by atoms with van der Waals surface area (Å²) in [7, 11) is 3.28. The van der Waals surface area contributed by atoms with Gasteiger partial charge in [0.25, 0.3) is 0 Å². The molecule has 0 aliphatic carbocycles. The lowest BCUT2D eigenvalue weighted by molar-refractivity contribution is -0.110. The van der Waals surface area contributed by atoms with Gasteiger partial charge in [-0.1, -0.05) is 43.0 Å². The molecule has 2 aromatic carbocycles. The quantitative estimate of drug-likeness (QED) is 0.558. The first-order valence-corrected chi connectivity index (χ1v) is 7.51. The molecular formula is C21H20O3. The minimum absolute atomic E-state index is 0.130. The highest BCUT2D eigenvalue weighted by Gasteiger charge is 2.05. The van der Waals surface area contributed by atoms with Gasteiger partial charge in [0.05, 0.1) is 14.2 Å². The summed E-state index contributed by atoms with van der Waals surface area (Å²) >= 11 is 0. The monoisotopic (exact) mass is 320 g/mol. The summed E-state index contributed by atoms with van der Waals surface area (Å²) in [5, 5.41) is 0. The maximum absolute atomic E-state index is 11.4. The van der Waals surface area contributed by atoms with Crippen LogP contribution in [0.5, 0.6) is 11.5 Å². The second-order valence-corrected chi connectivity index (χ2v) is 5.00. The van der Waals surface area contributed by atoms with E-state index in [1.165, 1.54) is 12.2 Å². The predicted octanol–water partition coefficient (Wildman–Crippen LogP) is 4.45. The number of benzene rings is 2. The third-order valence-electron chi connectivity index (χ3n) is 3.53. The molecule has 0 atom stereocenters. The fourth-order valence-electron chi connectivity index (χ4n) is 2.21. The molecule has 0 spiro atoms. The minimum Gasteiger partial charge on any atom is -0.497 e. The highest BCUT2D eigenvalue weighted by atomic mass is 16.5. The molecule has 0 heterocycles. The Bertz CT molecular complexity index is 701. The SMILES string of the molecule is C=CC(=O)C=CC=C(c1ccc(OC)cc1)c1ccc(OC)cc1. The van der Waals surface area contributed by atoms with Gasteiger partial charge in [0.1, 0.15) is 11.5 Å². The molecule has 0 saturated carbocycles. The van der Waals surface area contributed by atoms with Crippen LogP contribution in [-0.4, -0.2) is 20.0 Å². The smallest absolute Gasteiger partial charge is 0.178 e. The van der Waals surface area contributed by atoms with Crippen molar-refractivity contribution in [2.24, 2.45) is 0 Å². The van der Waals surface area contributed by atoms with E-state index >= 15 is 0 Å². The van der Waals surface area contributed by atoms with Crippen LogP contribution in [0.2, 0.25) is 0 Å². The van der Waals surface area contributed by atoms with E-state index in [1.807, 2.05) is 54.6 Å². The maximum atomic E-state index is 11.4. The Morgan fingerprint density at radius 2 is 1.33 bits per heavy atom. The Hall–Kier alpha value is -3.07. The van der Waals surface area contributed by atoms with E-state index in [0.717, 1.165) is 28.2 Å². The van der Waals surface area contributed by atoms with Gasteiger partial charge in [-0.2, -0.15) is 0 Å². The normalized spacial score (nSPS) is 10.2. The molecule has 2 rings (SSSR count). The fourth-order valence-corrected chi connectivity index (χ4v) is 2.21. The van der Waals surface area contributed by atoms with E-state index in [9.17, 15) is 4.79 Å². The molecule has 122 valence electrons. The molecule has 0 fully saturated rings. The Balaban J connectivity index is 2.42. The van der Waals surface area contributed by atoms with E-state index in [1.54, 1.807) is 20.3 Å². The molecule has 2 aromatic rings. The number of carbonyl (C=O) groups is 1. The molecule has 0 saturated heterocycles. The zero-order valence-corrected chi connectivity index (χ0v) is 13.9. The van der Waals surface area contributed by atoms with Crippen LogP contribution in [0.15, 0.2) is 79.4 Å². The lowest BCUT2D eigenvalue weighted by Gasteiger charge is -2.10. The van der Waals surface area contributed by atoms with Gasteiger partial charge in [0.15, 0.2) is 5.78 Å². The Labute approximate surface area is 142 Å². The van der Waals surface area contributed by atoms with Crippen LogP contribution >= 0.6 is 0 Å². The van der Waals surface area contributed by atoms with Crippen molar-refractivity contribution in [3.63, 3.8) is 0 Å². The maximum Gasteiger partial charge on any atom is 0.178 e. The van der Waals surface area contributed by atoms with Gasteiger partial charge in [-0.25, -0.2) is 0 Å². The Kier molecular flexibility index (Phi) is 6.15. The van der Waals surface area contributed by atoms with Crippen molar-refractivity contribution in [2.75, 3.05) is 14.2 Å². The van der Waals surface area contributed by atoms with Crippen molar-refractivity contribution in [1.82, 2.24) is 0 Å². The van der Waals surface area contributed by atoms with Gasteiger partial charge < -0.3 is 9.47 Å². The average molecular weight is 320 g/mol. The summed E-state index contributed by atoms with van der Waals surface area (Å²) in [6.45, 7) is 3.46. The second-order valence-electron chi connectivity index (χ2n) is 5.00. The van der Waals surface area contributed by atoms with Gasteiger partial charge >= 0.3 is 0 Å². The molecule has 0 bridgehead atoms. The molecular weight excluding hydrogens is 300 g/mol. The molecule has 24 heavy (non-hydrogen) atoms. The first-order valence-electron chi connectivity index (χ1n) is 7.51. The zero-order chi connectivity index (χ0) is 17.4. The van der Waals surface area contributed by atoms with Gasteiger partial charge in [0, 0.05) is 0 Å². The van der Waals surface area contributed by atoms with Crippen LogP contribution < -0.4 is 9.47 Å². The highest BCUT2D eigenvalue weighted by Crippen LogP contribution is 2.27. The van der Waals surface area contributed by atoms with Gasteiger partial charge in [-0.05, 0) is 53.1 Å². The van der Waals surface area contributed by atoms with Crippen LogP contribution in [0, 0.1) is 0 Å². The molecule has 0 aliphatic rings. The topological polar surface area (TPSA) is 35.5 Å². The average Bonchev–Trinajstić information content (AvgIpc) is 2.65. The van der Waals surface area contributed by atoms with Gasteiger partial charge in [-0.3, -0.25) is 4.79 Å². The minimum atomic E-state index is -0.130. The zero-order valence-electron chi connectivity index (χ0n) is 13.9. The number of hydrogen-bond donors (Lipinski definition) is 0. The van der Waals surface area contributed by atoms with E-state index < -0.39 is 0 Å². The molecule has 0 N–H and O–H groups in total. The van der Waals surface area contributed by atoms with E-state index in [2.05, 4.69) is 6.58 Å². The summed E-state index contributed by atoms with van der Waals surface area (Å²) < 4.78 is 10.4. The highest BCUT2D eigenvalue weighted by molar-refractivity contribution is 5.99. The van der Waals surface area contributed by atoms with Crippen LogP contribution in [-0.2, 0) is 4.79 Å². The third-order valence-corrected chi connectivity index (χ3v) is 3.53. The van der Waals surface area contributed by atoms with E-state index in [0.29, 0.717) is 0 Å². The summed E-state index contributed by atoms with van der Waals surface area (Å²) in [6, 6.07) is 15.6. The number of ketones is 1. The molecule has 0 unspecified atom stereocenters. The fraction of sp³-hybridized carbons (Fsp3) is 0.0952. The first-order chi connectivity index (χ1) is 11.7. The van der Waals surface area contributed by atoms with Crippen LogP contribution in [0.4, 0.5) is 0 Å². The summed E-state index contributed by atoms with van der Waals surface area (Å²) in [5.41, 5.74) is 3.04. The van der Waals surface area contributed by atoms with Crippen LogP contribution in [0.25, 0.3) is 5.57 Å². The van der Waals surface area contributed by atoms with Crippen LogP contribution in [0.3, 0.4) is 0 Å². The Morgan fingerprint density at radius 3 is 1.71 bits per heavy atom. The van der Waals surface area contributed by atoms with Crippen molar-refractivity contribution in [3.8, 4) is 11.5 Å². The standard InChI is InChI=1S/C21H20O3/c1-4-18(22)6-5-7-21(16-8-12-19(23-2)13-9-16)17-10-14-20(24-3)15-11-17/h4-15H,1H2,2-3H3. The number of allylic oxidation sites excluding steroid dienone is 4. The lowest BCUT2D eigenvalue weighted by atomic mass is 9.97. The van der Waals surface area contributed by atoms with E-state index in [4.69, 9.17) is 9.47 Å². The van der Waals surface area contributed by atoms with Crippen molar-refractivity contribution >= 4 is 11.4 Å². The molecule has 0 radical (unpaired) electrons. The van der Waals surface area contributed by atoms with Crippen molar-refractivity contribution in [1.29, 1.82) is 0 Å². The predicted molar refractivity (Wildman–Crippen MR) is 97.4 cm³/mol. The number of hydrogen-bond acceptors (Lipinski definition) is 3. The molecule has 0 amide bonds. The van der Waals surface area contributed by atoms with Gasteiger partial charge in [0.2, 0.25) is 0 Å². The molecule has 3 nitrogen and oxygen atoms in total. The first kappa shape index (κ1) is 17.3. The number of methoxy groups -OCH3 is 2. The van der Waals surface area contributed by atoms with Crippen molar-refractivity contribution in [2.45, 2.75) is 0 Å². The molecule has 0 aromatic heterocycles. The van der Waals surface area contributed by atoms with Crippen molar-refractivity contribution < 1.29 is 14.3 Å². The summed E-state index contributed by atoms with van der Waals surface area (Å²) in [4.78, 5) is 11.4. The largest absolute Gasteiger partial charge is 0.497 e. The van der Waals surface area contributed by atoms with Gasteiger partial charge in [-0.15, -0.1) is 0 Å². The number of ether oxygens (including phenoxy) is 2. The summed E-state index contributed by atoms with van der Waals surface area (Å²) in [6.07, 6.45) is 6.41. The molecule has 0 aliphatic heterocycles. The lowest BCUT2D eigenvalue weighted by Crippen LogP contribution is -1.90. The Morgan fingerprint density at radius 1 is 0.875 bits per heavy atom. The van der Waals surface area contributed by atoms with Crippen molar-refractivity contribution in [3.05, 3.63) is 90.5 Å². The van der Waals surface area contributed by atoms with Crippen LogP contribution in [0.1, 0.15) is 11.1 Å². The number of rotatable bonds is 7.